The summed E-state index contributed by atoms with van der Waals surface area (Å²) in [5.74, 6) is 1.80. The Hall–Kier alpha value is 0. The predicted octanol–water partition coefficient (Wildman–Crippen LogP) is 17.4. The zero-order valence-electron chi connectivity index (χ0n) is 33.1. The largest absolute Gasteiger partial charge is 0.0654 e. The van der Waals surface area contributed by atoms with Crippen LogP contribution in [0.15, 0.2) is 0 Å². The monoisotopic (exact) mass is 633 g/mol. The van der Waals surface area contributed by atoms with Crippen LogP contribution in [0.5, 0.6) is 0 Å². The van der Waals surface area contributed by atoms with Gasteiger partial charge in [-0.1, -0.05) is 260 Å². The summed E-state index contributed by atoms with van der Waals surface area (Å²) >= 11 is 0. The lowest BCUT2D eigenvalue weighted by atomic mass is 9.60. The molecule has 45 heavy (non-hydrogen) atoms. The SMILES string of the molecule is CCCCCCCCCCC(C)C(CCCCCCCCCC)(CCCCCCCCCC)C(C)CCCCCCCCCC. The molecule has 272 valence electrons. The van der Waals surface area contributed by atoms with E-state index in [0.717, 1.165) is 11.8 Å². The summed E-state index contributed by atoms with van der Waals surface area (Å²) < 4.78 is 0. The summed E-state index contributed by atoms with van der Waals surface area (Å²) in [5, 5.41) is 0. The molecule has 0 aromatic rings. The lowest BCUT2D eigenvalue weighted by Gasteiger charge is -2.45. The van der Waals surface area contributed by atoms with Gasteiger partial charge in [-0.2, -0.15) is 0 Å². The van der Waals surface area contributed by atoms with Crippen LogP contribution in [0.3, 0.4) is 0 Å². The van der Waals surface area contributed by atoms with Gasteiger partial charge in [0.05, 0.1) is 0 Å². The zero-order valence-corrected chi connectivity index (χ0v) is 33.1. The predicted molar refractivity (Wildman–Crippen MR) is 210 cm³/mol. The normalized spacial score (nSPS) is 13.5. The standard InChI is InChI=1S/C45H92/c1-7-11-15-19-23-27-31-35-39-43(5)45(41-37-33-29-25-21-17-13-9-3,42-38-34-30-26-22-18-14-10-4)44(6)40-36-32-28-24-20-16-12-8-2/h43-44H,7-42H2,1-6H3. The minimum absolute atomic E-state index is 0.590. The van der Waals surface area contributed by atoms with Crippen molar-refractivity contribution in [3.8, 4) is 0 Å². The molecule has 0 bridgehead atoms. The van der Waals surface area contributed by atoms with Crippen LogP contribution in [-0.2, 0) is 0 Å². The van der Waals surface area contributed by atoms with Gasteiger partial charge in [-0.15, -0.1) is 0 Å². The maximum Gasteiger partial charge on any atom is -0.0246 e. The van der Waals surface area contributed by atoms with Gasteiger partial charge < -0.3 is 0 Å². The minimum atomic E-state index is 0.590. The second-order valence-electron chi connectivity index (χ2n) is 16.0. The summed E-state index contributed by atoms with van der Waals surface area (Å²) in [4.78, 5) is 0. The molecule has 0 nitrogen and oxygen atoms in total. The molecule has 0 aliphatic rings. The van der Waals surface area contributed by atoms with E-state index in [1.165, 1.54) is 231 Å². The number of rotatable bonds is 38. The molecule has 0 saturated heterocycles. The van der Waals surface area contributed by atoms with Crippen LogP contribution in [0.4, 0.5) is 0 Å². The summed E-state index contributed by atoms with van der Waals surface area (Å²) in [6.07, 6.45) is 52.7. The van der Waals surface area contributed by atoms with Gasteiger partial charge in [0.1, 0.15) is 0 Å². The molecule has 0 aromatic carbocycles. The van der Waals surface area contributed by atoms with Crippen LogP contribution in [0.25, 0.3) is 0 Å². The Morgan fingerprint density at radius 3 is 0.711 bits per heavy atom. The van der Waals surface area contributed by atoms with Crippen LogP contribution < -0.4 is 0 Å². The molecule has 0 heterocycles. The van der Waals surface area contributed by atoms with E-state index in [9.17, 15) is 0 Å². The van der Waals surface area contributed by atoms with Crippen molar-refractivity contribution < 1.29 is 0 Å². The molecule has 0 aliphatic carbocycles. The molecule has 0 N–H and O–H groups in total. The third-order valence-electron chi connectivity index (χ3n) is 11.9. The van der Waals surface area contributed by atoms with E-state index in [2.05, 4.69) is 41.5 Å². The number of hydrogen-bond acceptors (Lipinski definition) is 0. The Morgan fingerprint density at radius 2 is 0.467 bits per heavy atom. The fraction of sp³-hybridized carbons (Fsp3) is 1.00. The molecule has 0 aliphatic heterocycles. The van der Waals surface area contributed by atoms with Crippen molar-refractivity contribution in [2.24, 2.45) is 17.3 Å². The quantitative estimate of drug-likeness (QED) is 0.0594. The Kier molecular flexibility index (Phi) is 35.3. The van der Waals surface area contributed by atoms with Gasteiger partial charge in [0, 0.05) is 0 Å². The van der Waals surface area contributed by atoms with E-state index >= 15 is 0 Å². The number of unbranched alkanes of at least 4 members (excludes halogenated alkanes) is 28. The van der Waals surface area contributed by atoms with E-state index in [4.69, 9.17) is 0 Å². The van der Waals surface area contributed by atoms with E-state index < -0.39 is 0 Å². The molecule has 0 heteroatoms. The number of hydrogen-bond donors (Lipinski definition) is 0. The van der Waals surface area contributed by atoms with Crippen molar-refractivity contribution in [1.82, 2.24) is 0 Å². The van der Waals surface area contributed by atoms with Gasteiger partial charge in [-0.05, 0) is 30.1 Å². The first-order valence-corrected chi connectivity index (χ1v) is 22.1. The summed E-state index contributed by atoms with van der Waals surface area (Å²) in [7, 11) is 0. The molecule has 2 unspecified atom stereocenters. The third-order valence-corrected chi connectivity index (χ3v) is 11.9. The summed E-state index contributed by atoms with van der Waals surface area (Å²) in [6, 6.07) is 0. The van der Waals surface area contributed by atoms with Crippen LogP contribution in [0.2, 0.25) is 0 Å². The molecule has 0 fully saturated rings. The molecular weight excluding hydrogens is 540 g/mol. The van der Waals surface area contributed by atoms with Gasteiger partial charge in [-0.25, -0.2) is 0 Å². The van der Waals surface area contributed by atoms with Gasteiger partial charge in [0.15, 0.2) is 0 Å². The van der Waals surface area contributed by atoms with Crippen LogP contribution in [-0.4, -0.2) is 0 Å². The van der Waals surface area contributed by atoms with E-state index in [1.54, 1.807) is 0 Å². The lowest BCUT2D eigenvalue weighted by Crippen LogP contribution is -2.36. The van der Waals surface area contributed by atoms with Crippen molar-refractivity contribution in [2.75, 3.05) is 0 Å². The Bertz CT molecular complexity index is 486. The van der Waals surface area contributed by atoms with Gasteiger partial charge in [0.2, 0.25) is 0 Å². The Morgan fingerprint density at radius 1 is 0.267 bits per heavy atom. The fourth-order valence-corrected chi connectivity index (χ4v) is 8.52. The highest BCUT2D eigenvalue weighted by Gasteiger charge is 2.39. The second-order valence-corrected chi connectivity index (χ2v) is 16.0. The molecule has 0 spiro atoms. The van der Waals surface area contributed by atoms with Gasteiger partial charge >= 0.3 is 0 Å². The summed E-state index contributed by atoms with van der Waals surface area (Å²) in [6.45, 7) is 14.8. The summed E-state index contributed by atoms with van der Waals surface area (Å²) in [5.41, 5.74) is 0.590. The molecular formula is C45H92. The molecule has 0 amide bonds. The first-order chi connectivity index (χ1) is 22.1. The van der Waals surface area contributed by atoms with Gasteiger partial charge in [-0.3, -0.25) is 0 Å². The first-order valence-electron chi connectivity index (χ1n) is 22.1. The van der Waals surface area contributed by atoms with Crippen molar-refractivity contribution in [3.05, 3.63) is 0 Å². The highest BCUT2D eigenvalue weighted by atomic mass is 14.4. The van der Waals surface area contributed by atoms with Crippen LogP contribution in [0.1, 0.15) is 273 Å². The van der Waals surface area contributed by atoms with Crippen LogP contribution in [0, 0.1) is 17.3 Å². The van der Waals surface area contributed by atoms with E-state index in [1.807, 2.05) is 0 Å². The Balaban J connectivity index is 5.21. The highest BCUT2D eigenvalue weighted by Crippen LogP contribution is 2.49. The molecule has 0 rings (SSSR count). The van der Waals surface area contributed by atoms with E-state index in [0.29, 0.717) is 5.41 Å². The first kappa shape index (κ1) is 45.0. The van der Waals surface area contributed by atoms with Crippen molar-refractivity contribution in [3.63, 3.8) is 0 Å². The Labute approximate surface area is 289 Å². The average molecular weight is 633 g/mol. The van der Waals surface area contributed by atoms with E-state index in [-0.39, 0.29) is 0 Å². The molecule has 0 aromatic heterocycles. The second kappa shape index (κ2) is 35.3. The van der Waals surface area contributed by atoms with Crippen molar-refractivity contribution >= 4 is 0 Å². The average Bonchev–Trinajstić information content (AvgIpc) is 3.04. The molecule has 0 radical (unpaired) electrons. The molecule has 0 saturated carbocycles. The highest BCUT2D eigenvalue weighted by molar-refractivity contribution is 4.89. The lowest BCUT2D eigenvalue weighted by molar-refractivity contribution is 0.0449. The fourth-order valence-electron chi connectivity index (χ4n) is 8.52. The minimum Gasteiger partial charge on any atom is -0.0654 e. The smallest absolute Gasteiger partial charge is 0.0246 e. The van der Waals surface area contributed by atoms with Gasteiger partial charge in [0.25, 0.3) is 0 Å². The molecule has 2 atom stereocenters. The zero-order chi connectivity index (χ0) is 33.1. The third kappa shape index (κ3) is 26.6. The topological polar surface area (TPSA) is 0 Å². The van der Waals surface area contributed by atoms with Crippen LogP contribution >= 0.6 is 0 Å². The maximum absolute atomic E-state index is 2.72. The van der Waals surface area contributed by atoms with Crippen molar-refractivity contribution in [1.29, 1.82) is 0 Å². The maximum atomic E-state index is 2.72. The van der Waals surface area contributed by atoms with Crippen molar-refractivity contribution in [2.45, 2.75) is 273 Å².